The van der Waals surface area contributed by atoms with E-state index in [-0.39, 0.29) is 5.91 Å². The maximum Gasteiger partial charge on any atom is 0.307 e. The highest BCUT2D eigenvalue weighted by Crippen LogP contribution is 2.58. The summed E-state index contributed by atoms with van der Waals surface area (Å²) in [7, 11) is 1.66. The summed E-state index contributed by atoms with van der Waals surface area (Å²) in [6.45, 7) is 3.99. The van der Waals surface area contributed by atoms with Gasteiger partial charge in [-0.05, 0) is 5.41 Å². The third-order valence-corrected chi connectivity index (χ3v) is 3.68. The Kier molecular flexibility index (Phi) is 2.88. The van der Waals surface area contributed by atoms with E-state index >= 15 is 0 Å². The highest BCUT2D eigenvalue weighted by molar-refractivity contribution is 5.91. The summed E-state index contributed by atoms with van der Waals surface area (Å²) >= 11 is 0. The quantitative estimate of drug-likeness (QED) is 0.825. The Labute approximate surface area is 105 Å². The molecule has 2 atom stereocenters. The lowest BCUT2D eigenvalue weighted by Gasteiger charge is -2.16. The van der Waals surface area contributed by atoms with Crippen LogP contribution in [0, 0.1) is 17.3 Å². The fourth-order valence-electron chi connectivity index (χ4n) is 2.48. The maximum atomic E-state index is 12.2. The number of nitrogens with one attached hydrogen (secondary N) is 1. The molecule has 0 saturated heterocycles. The van der Waals surface area contributed by atoms with Crippen molar-refractivity contribution in [2.75, 3.05) is 7.05 Å². The molecule has 0 spiro atoms. The highest BCUT2D eigenvalue weighted by atomic mass is 16.4. The summed E-state index contributed by atoms with van der Waals surface area (Å²) in [5, 5.41) is 9.06. The Hall–Kier alpha value is -1.85. The molecule has 1 saturated carbocycles. The molecule has 0 bridgehead atoms. The zero-order chi connectivity index (χ0) is 13.5. The van der Waals surface area contributed by atoms with Crippen molar-refractivity contribution in [2.45, 2.75) is 20.4 Å². The van der Waals surface area contributed by atoms with Gasteiger partial charge in [-0.15, -0.1) is 0 Å². The van der Waals surface area contributed by atoms with Gasteiger partial charge in [-0.1, -0.05) is 13.8 Å². The number of carboxylic acid groups (broad SMARTS) is 1. The summed E-state index contributed by atoms with van der Waals surface area (Å²) in [5.74, 6) is -1.36. The first-order valence-electron chi connectivity index (χ1n) is 5.81. The average molecular weight is 251 g/mol. The van der Waals surface area contributed by atoms with Crippen molar-refractivity contribution in [1.82, 2.24) is 14.9 Å². The molecule has 2 N–H and O–H groups in total. The molecule has 0 radical (unpaired) electrons. The predicted octanol–water partition coefficient (Wildman–Crippen LogP) is 0.725. The lowest BCUT2D eigenvalue weighted by molar-refractivity contribution is -0.141. The van der Waals surface area contributed by atoms with Gasteiger partial charge in [0.25, 0.3) is 0 Å². The van der Waals surface area contributed by atoms with Crippen LogP contribution in [0.5, 0.6) is 0 Å². The number of nitrogens with zero attached hydrogens (tertiary/aromatic N) is 2. The molecule has 0 aromatic carbocycles. The second-order valence-corrected chi connectivity index (χ2v) is 5.35. The van der Waals surface area contributed by atoms with Gasteiger partial charge in [0.2, 0.25) is 5.91 Å². The third-order valence-electron chi connectivity index (χ3n) is 3.68. The summed E-state index contributed by atoms with van der Waals surface area (Å²) in [6.07, 6.45) is 3.31. The van der Waals surface area contributed by atoms with Gasteiger partial charge in [0.05, 0.1) is 18.4 Å². The Morgan fingerprint density at radius 2 is 2.17 bits per heavy atom. The number of aromatic nitrogens is 2. The van der Waals surface area contributed by atoms with E-state index < -0.39 is 23.2 Å². The molecule has 6 heteroatoms. The number of rotatable bonds is 4. The van der Waals surface area contributed by atoms with Crippen molar-refractivity contribution in [1.29, 1.82) is 0 Å². The molecule has 0 aliphatic heterocycles. The van der Waals surface area contributed by atoms with Crippen LogP contribution in [0.4, 0.5) is 0 Å². The molecule has 1 amide bonds. The van der Waals surface area contributed by atoms with E-state index in [1.165, 1.54) is 4.90 Å². The maximum absolute atomic E-state index is 12.2. The lowest BCUT2D eigenvalue weighted by atomic mass is 10.1. The van der Waals surface area contributed by atoms with Crippen LogP contribution in [0.3, 0.4) is 0 Å². The van der Waals surface area contributed by atoms with Gasteiger partial charge in [-0.3, -0.25) is 9.59 Å². The largest absolute Gasteiger partial charge is 0.481 e. The van der Waals surface area contributed by atoms with Crippen molar-refractivity contribution in [3.63, 3.8) is 0 Å². The van der Waals surface area contributed by atoms with E-state index in [9.17, 15) is 9.59 Å². The SMILES string of the molecule is CN(Cc1ncc[nH]1)C(=O)C1C(C(=O)O)C1(C)C. The smallest absolute Gasteiger partial charge is 0.307 e. The minimum absolute atomic E-state index is 0.135. The zero-order valence-corrected chi connectivity index (χ0v) is 10.7. The first-order valence-corrected chi connectivity index (χ1v) is 5.81. The number of aliphatic carboxylic acids is 1. The molecule has 98 valence electrons. The second-order valence-electron chi connectivity index (χ2n) is 5.35. The first kappa shape index (κ1) is 12.6. The Morgan fingerprint density at radius 3 is 2.61 bits per heavy atom. The van der Waals surface area contributed by atoms with Gasteiger partial charge in [0.1, 0.15) is 5.82 Å². The van der Waals surface area contributed by atoms with E-state index in [0.717, 1.165) is 0 Å². The van der Waals surface area contributed by atoms with E-state index in [1.54, 1.807) is 19.4 Å². The van der Waals surface area contributed by atoms with Crippen LogP contribution >= 0.6 is 0 Å². The number of carbonyl (C=O) groups is 2. The van der Waals surface area contributed by atoms with Crippen LogP contribution in [-0.4, -0.2) is 38.9 Å². The van der Waals surface area contributed by atoms with Crippen LogP contribution in [0.25, 0.3) is 0 Å². The number of carboxylic acids is 1. The monoisotopic (exact) mass is 251 g/mol. The van der Waals surface area contributed by atoms with Crippen molar-refractivity contribution < 1.29 is 14.7 Å². The van der Waals surface area contributed by atoms with Gasteiger partial charge in [0.15, 0.2) is 0 Å². The van der Waals surface area contributed by atoms with Crippen molar-refractivity contribution in [3.8, 4) is 0 Å². The summed E-state index contributed by atoms with van der Waals surface area (Å²) in [4.78, 5) is 31.7. The fourth-order valence-corrected chi connectivity index (χ4v) is 2.48. The van der Waals surface area contributed by atoms with Crippen molar-refractivity contribution in [2.24, 2.45) is 17.3 Å². The third kappa shape index (κ3) is 1.98. The van der Waals surface area contributed by atoms with Crippen LogP contribution in [0.1, 0.15) is 19.7 Å². The normalized spacial score (nSPS) is 24.6. The summed E-state index contributed by atoms with van der Waals surface area (Å²) < 4.78 is 0. The topological polar surface area (TPSA) is 86.3 Å². The fraction of sp³-hybridized carbons (Fsp3) is 0.583. The van der Waals surface area contributed by atoms with E-state index in [4.69, 9.17) is 5.11 Å². The molecule has 1 fully saturated rings. The number of hydrogen-bond donors (Lipinski definition) is 2. The lowest BCUT2D eigenvalue weighted by Crippen LogP contribution is -2.30. The molecule has 1 aliphatic carbocycles. The molecule has 2 unspecified atom stereocenters. The molecule has 6 nitrogen and oxygen atoms in total. The number of imidazole rings is 1. The number of hydrogen-bond acceptors (Lipinski definition) is 3. The summed E-state index contributed by atoms with van der Waals surface area (Å²) in [6, 6.07) is 0. The number of aromatic amines is 1. The number of H-pyrrole nitrogens is 1. The van der Waals surface area contributed by atoms with Gasteiger partial charge in [0, 0.05) is 19.4 Å². The van der Waals surface area contributed by atoms with E-state index in [0.29, 0.717) is 12.4 Å². The molecule has 1 heterocycles. The van der Waals surface area contributed by atoms with Gasteiger partial charge in [-0.2, -0.15) is 0 Å². The molecule has 2 rings (SSSR count). The van der Waals surface area contributed by atoms with Gasteiger partial charge >= 0.3 is 5.97 Å². The van der Waals surface area contributed by atoms with Crippen LogP contribution in [0.2, 0.25) is 0 Å². The minimum atomic E-state index is -0.898. The second kappa shape index (κ2) is 4.12. The first-order chi connectivity index (χ1) is 8.35. The summed E-state index contributed by atoms with van der Waals surface area (Å²) in [5.41, 5.74) is -0.458. The molecule has 1 aliphatic rings. The molecular weight excluding hydrogens is 234 g/mol. The van der Waals surface area contributed by atoms with Crippen molar-refractivity contribution >= 4 is 11.9 Å². The number of amides is 1. The van der Waals surface area contributed by atoms with Crippen molar-refractivity contribution in [3.05, 3.63) is 18.2 Å². The standard InChI is InChI=1S/C12H17N3O3/c1-12(2)8(9(12)11(17)18)10(16)15(3)6-7-13-4-5-14-7/h4-5,8-9H,6H2,1-3H3,(H,13,14)(H,17,18). The Bertz CT molecular complexity index is 467. The van der Waals surface area contributed by atoms with E-state index in [1.807, 2.05) is 13.8 Å². The Morgan fingerprint density at radius 1 is 1.50 bits per heavy atom. The van der Waals surface area contributed by atoms with E-state index in [2.05, 4.69) is 9.97 Å². The molecular formula is C12H17N3O3. The van der Waals surface area contributed by atoms with Crippen LogP contribution < -0.4 is 0 Å². The minimum Gasteiger partial charge on any atom is -0.481 e. The van der Waals surface area contributed by atoms with Crippen LogP contribution in [0.15, 0.2) is 12.4 Å². The van der Waals surface area contributed by atoms with Gasteiger partial charge < -0.3 is 15.0 Å². The predicted molar refractivity (Wildman–Crippen MR) is 63.5 cm³/mol. The molecule has 18 heavy (non-hydrogen) atoms. The zero-order valence-electron chi connectivity index (χ0n) is 10.7. The van der Waals surface area contributed by atoms with Gasteiger partial charge in [-0.25, -0.2) is 4.98 Å². The Balaban J connectivity index is 2.02. The highest BCUT2D eigenvalue weighted by Gasteiger charge is 2.66. The number of carbonyl (C=O) groups excluding carboxylic acids is 1. The molecule has 1 aromatic rings. The average Bonchev–Trinajstić information content (AvgIpc) is 2.63. The van der Waals surface area contributed by atoms with Crippen LogP contribution in [-0.2, 0) is 16.1 Å². The molecule has 1 aromatic heterocycles.